The number of carbonyl (C=O) groups excluding carboxylic acids is 1. The number of pyridine rings is 1. The van der Waals surface area contributed by atoms with Gasteiger partial charge in [-0.1, -0.05) is 6.07 Å². The van der Waals surface area contributed by atoms with E-state index in [9.17, 15) is 9.59 Å². The molecule has 2 aromatic rings. The van der Waals surface area contributed by atoms with E-state index in [2.05, 4.69) is 15.3 Å². The van der Waals surface area contributed by atoms with Crippen molar-refractivity contribution in [3.63, 3.8) is 0 Å². The molecule has 1 atom stereocenters. The van der Waals surface area contributed by atoms with Gasteiger partial charge in [0.25, 0.3) is 5.91 Å². The number of nitrogens with one attached hydrogen (secondary N) is 1. The lowest BCUT2D eigenvalue weighted by atomic mass is 9.91. The molecular weight excluding hydrogens is 268 g/mol. The highest BCUT2D eigenvalue weighted by Crippen LogP contribution is 2.19. The Kier molecular flexibility index (Phi) is 3.51. The molecule has 0 fully saturated rings. The van der Waals surface area contributed by atoms with Crippen molar-refractivity contribution < 1.29 is 4.79 Å². The van der Waals surface area contributed by atoms with Crippen LogP contribution >= 0.6 is 0 Å². The minimum atomic E-state index is -0.207. The fraction of sp³-hybridized carbons (Fsp3) is 0.333. The summed E-state index contributed by atoms with van der Waals surface area (Å²) in [7, 11) is 1.79. The molecule has 2 aromatic heterocycles. The van der Waals surface area contributed by atoms with E-state index in [-0.39, 0.29) is 17.5 Å². The van der Waals surface area contributed by atoms with Crippen molar-refractivity contribution in [2.75, 3.05) is 0 Å². The average Bonchev–Trinajstić information content (AvgIpc) is 2.52. The monoisotopic (exact) mass is 284 g/mol. The van der Waals surface area contributed by atoms with Crippen molar-refractivity contribution in [2.45, 2.75) is 25.3 Å². The molecule has 0 bridgehead atoms. The van der Waals surface area contributed by atoms with Crippen LogP contribution in [0.3, 0.4) is 0 Å². The van der Waals surface area contributed by atoms with Crippen molar-refractivity contribution in [1.29, 1.82) is 0 Å². The molecule has 0 saturated carbocycles. The molecule has 108 valence electrons. The smallest absolute Gasteiger partial charge is 0.271 e. The van der Waals surface area contributed by atoms with Gasteiger partial charge < -0.3 is 9.88 Å². The van der Waals surface area contributed by atoms with Gasteiger partial charge in [0.2, 0.25) is 5.56 Å². The van der Waals surface area contributed by atoms with Gasteiger partial charge in [-0.15, -0.1) is 0 Å². The second kappa shape index (κ2) is 5.47. The van der Waals surface area contributed by atoms with Crippen molar-refractivity contribution in [1.82, 2.24) is 19.9 Å². The van der Waals surface area contributed by atoms with Gasteiger partial charge >= 0.3 is 0 Å². The van der Waals surface area contributed by atoms with Crippen LogP contribution in [0.2, 0.25) is 0 Å². The molecule has 0 spiro atoms. The van der Waals surface area contributed by atoms with Crippen molar-refractivity contribution in [2.24, 2.45) is 7.05 Å². The maximum absolute atomic E-state index is 12.1. The Morgan fingerprint density at radius 2 is 2.24 bits per heavy atom. The van der Waals surface area contributed by atoms with Gasteiger partial charge in [0.1, 0.15) is 5.69 Å². The number of hydrogen-bond donors (Lipinski definition) is 1. The van der Waals surface area contributed by atoms with Crippen LogP contribution in [-0.2, 0) is 19.9 Å². The number of rotatable bonds is 2. The van der Waals surface area contributed by atoms with E-state index in [0.29, 0.717) is 5.69 Å². The largest absolute Gasteiger partial charge is 0.348 e. The minimum absolute atomic E-state index is 0.01000. The summed E-state index contributed by atoms with van der Waals surface area (Å²) in [6.07, 6.45) is 6.82. The maximum Gasteiger partial charge on any atom is 0.271 e. The van der Waals surface area contributed by atoms with E-state index in [1.165, 1.54) is 18.6 Å². The number of aromatic nitrogens is 3. The van der Waals surface area contributed by atoms with Gasteiger partial charge in [-0.05, 0) is 24.8 Å². The zero-order valence-electron chi connectivity index (χ0n) is 11.7. The molecule has 1 unspecified atom stereocenters. The predicted molar refractivity (Wildman–Crippen MR) is 77.0 cm³/mol. The summed E-state index contributed by atoms with van der Waals surface area (Å²) in [5.41, 5.74) is 2.51. The van der Waals surface area contributed by atoms with Gasteiger partial charge in [0.15, 0.2) is 0 Å². The molecule has 1 amide bonds. The normalized spacial score (nSPS) is 17.1. The first-order valence-electron chi connectivity index (χ1n) is 6.90. The van der Waals surface area contributed by atoms with Gasteiger partial charge in [0.05, 0.1) is 6.20 Å². The molecule has 0 aliphatic heterocycles. The molecule has 0 radical (unpaired) electrons. The number of fused-ring (bicyclic) bond motifs is 1. The number of carbonyl (C=O) groups is 1. The topological polar surface area (TPSA) is 76.9 Å². The highest BCUT2D eigenvalue weighted by Gasteiger charge is 2.22. The molecule has 6 nitrogen and oxygen atoms in total. The molecule has 6 heteroatoms. The number of amides is 1. The zero-order chi connectivity index (χ0) is 14.8. The molecule has 0 aromatic carbocycles. The maximum atomic E-state index is 12.1. The van der Waals surface area contributed by atoms with Gasteiger partial charge in [-0.3, -0.25) is 14.6 Å². The fourth-order valence-corrected chi connectivity index (χ4v) is 2.72. The van der Waals surface area contributed by atoms with Crippen LogP contribution < -0.4 is 10.9 Å². The summed E-state index contributed by atoms with van der Waals surface area (Å²) >= 11 is 0. The highest BCUT2D eigenvalue weighted by atomic mass is 16.2. The lowest BCUT2D eigenvalue weighted by Crippen LogP contribution is -2.40. The minimum Gasteiger partial charge on any atom is -0.348 e. The Labute approximate surface area is 121 Å². The zero-order valence-corrected chi connectivity index (χ0v) is 11.7. The molecule has 21 heavy (non-hydrogen) atoms. The van der Waals surface area contributed by atoms with Gasteiger partial charge in [0, 0.05) is 37.2 Å². The summed E-state index contributed by atoms with van der Waals surface area (Å²) in [4.78, 5) is 31.6. The summed E-state index contributed by atoms with van der Waals surface area (Å²) < 4.78 is 1.69. The Bertz CT molecular complexity index is 724. The van der Waals surface area contributed by atoms with E-state index >= 15 is 0 Å². The summed E-state index contributed by atoms with van der Waals surface area (Å²) in [6.45, 7) is 0. The lowest BCUT2D eigenvalue weighted by molar-refractivity contribution is 0.0928. The number of hydrogen-bond acceptors (Lipinski definition) is 4. The molecule has 1 N–H and O–H groups in total. The van der Waals surface area contributed by atoms with Crippen LogP contribution in [0.1, 0.15) is 28.2 Å². The van der Waals surface area contributed by atoms with Crippen molar-refractivity contribution in [3.8, 4) is 0 Å². The quantitative estimate of drug-likeness (QED) is 0.869. The highest BCUT2D eigenvalue weighted by molar-refractivity contribution is 5.92. The van der Waals surface area contributed by atoms with Crippen LogP contribution in [0.25, 0.3) is 0 Å². The van der Waals surface area contributed by atoms with E-state index < -0.39 is 0 Å². The second-order valence-electron chi connectivity index (χ2n) is 5.21. The standard InChI is InChI=1S/C15H16N4O2/c1-19-13-4-3-11(8-10(13)2-5-14(19)20)18-15(21)12-9-16-6-7-17-12/h2,5-7,9,11H,3-4,8H2,1H3,(H,18,21). The fourth-order valence-electron chi connectivity index (χ4n) is 2.72. The molecular formula is C15H16N4O2. The summed E-state index contributed by atoms with van der Waals surface area (Å²) in [5.74, 6) is -0.207. The van der Waals surface area contributed by atoms with Crippen LogP contribution in [0, 0.1) is 0 Å². The van der Waals surface area contributed by atoms with Crippen LogP contribution in [0.5, 0.6) is 0 Å². The van der Waals surface area contributed by atoms with Crippen LogP contribution in [0.15, 0.2) is 35.5 Å². The van der Waals surface area contributed by atoms with Crippen molar-refractivity contribution >= 4 is 5.91 Å². The Balaban J connectivity index is 1.74. The Morgan fingerprint density at radius 3 is 3.00 bits per heavy atom. The lowest BCUT2D eigenvalue weighted by Gasteiger charge is -2.26. The van der Waals surface area contributed by atoms with E-state index in [4.69, 9.17) is 0 Å². The Morgan fingerprint density at radius 1 is 1.38 bits per heavy atom. The first-order valence-corrected chi connectivity index (χ1v) is 6.90. The first kappa shape index (κ1) is 13.5. The van der Waals surface area contributed by atoms with Crippen molar-refractivity contribution in [3.05, 3.63) is 58.0 Å². The molecule has 0 saturated heterocycles. The first-order chi connectivity index (χ1) is 10.1. The second-order valence-corrected chi connectivity index (χ2v) is 5.21. The third kappa shape index (κ3) is 2.69. The van der Waals surface area contributed by atoms with E-state index in [0.717, 1.165) is 30.5 Å². The SMILES string of the molecule is Cn1c2c(ccc1=O)CC(NC(=O)c1cnccn1)CC2. The molecule has 3 rings (SSSR count). The Hall–Kier alpha value is -2.50. The van der Waals surface area contributed by atoms with Gasteiger partial charge in [-0.25, -0.2) is 4.98 Å². The summed E-state index contributed by atoms with van der Waals surface area (Å²) in [6, 6.07) is 3.49. The third-order valence-corrected chi connectivity index (χ3v) is 3.86. The summed E-state index contributed by atoms with van der Waals surface area (Å²) in [5, 5.41) is 2.98. The number of nitrogens with zero attached hydrogens (tertiary/aromatic N) is 3. The van der Waals surface area contributed by atoms with E-state index in [1.54, 1.807) is 17.7 Å². The molecule has 2 heterocycles. The third-order valence-electron chi connectivity index (χ3n) is 3.86. The average molecular weight is 284 g/mol. The predicted octanol–water partition coefficient (Wildman–Crippen LogP) is 0.463. The molecule has 1 aliphatic carbocycles. The van der Waals surface area contributed by atoms with E-state index in [1.807, 2.05) is 6.07 Å². The van der Waals surface area contributed by atoms with Crippen LogP contribution in [-0.4, -0.2) is 26.5 Å². The molecule has 1 aliphatic rings. The van der Waals surface area contributed by atoms with Gasteiger partial charge in [-0.2, -0.15) is 0 Å². The van der Waals surface area contributed by atoms with Crippen LogP contribution in [0.4, 0.5) is 0 Å².